The molecule has 1 saturated heterocycles. The Hall–Kier alpha value is -2.13. The predicted molar refractivity (Wildman–Crippen MR) is 77.5 cm³/mol. The number of likely N-dealkylation sites (tertiary alicyclic amines) is 1. The molecule has 142 valence electrons. The first kappa shape index (κ1) is 20.9. The Morgan fingerprint density at radius 2 is 1.76 bits per heavy atom. The Labute approximate surface area is 142 Å². The number of esters is 1. The summed E-state index contributed by atoms with van der Waals surface area (Å²) in [5.41, 5.74) is -1.07. The number of alkyl halides is 3. The highest BCUT2D eigenvalue weighted by atomic mass is 19.4. The number of ketones is 2. The molecule has 1 heterocycles. The molecule has 0 N–H and O–H groups in total. The minimum Gasteiger partial charge on any atom is -0.460 e. The minimum atomic E-state index is -4.88. The zero-order chi connectivity index (χ0) is 19.6. The number of halogens is 3. The Morgan fingerprint density at radius 1 is 1.20 bits per heavy atom. The lowest BCUT2D eigenvalue weighted by molar-refractivity contribution is -0.193. The number of amides is 1. The smallest absolute Gasteiger partial charge is 0.410 e. The number of hydrogen-bond acceptors (Lipinski definition) is 6. The summed E-state index contributed by atoms with van der Waals surface area (Å²) in [4.78, 5) is 47.8. The maximum atomic E-state index is 13.2. The monoisotopic (exact) mass is 367 g/mol. The Bertz CT molecular complexity index is 567. The van der Waals surface area contributed by atoms with Gasteiger partial charge < -0.3 is 9.47 Å². The van der Waals surface area contributed by atoms with E-state index in [9.17, 15) is 32.3 Å². The molecule has 7 nitrogen and oxygen atoms in total. The summed E-state index contributed by atoms with van der Waals surface area (Å²) in [6.07, 6.45) is -7.33. The summed E-state index contributed by atoms with van der Waals surface area (Å²) in [7, 11) is 0. The first-order valence-corrected chi connectivity index (χ1v) is 7.58. The van der Waals surface area contributed by atoms with Crippen molar-refractivity contribution in [1.29, 1.82) is 0 Å². The molecule has 25 heavy (non-hydrogen) atoms. The van der Waals surface area contributed by atoms with Crippen LogP contribution in [-0.4, -0.2) is 59.5 Å². The average molecular weight is 367 g/mol. The van der Waals surface area contributed by atoms with Gasteiger partial charge in [-0.25, -0.2) is 9.59 Å². The SMILES string of the molecule is CCOC(=O)C(=O)C1CN(C(=O)OC(C)(C)C)C(C(F)(F)F)CC1=O. The lowest BCUT2D eigenvalue weighted by Crippen LogP contribution is -2.59. The minimum absolute atomic E-state index is 0.132. The number of piperidine rings is 1. The van der Waals surface area contributed by atoms with Crippen molar-refractivity contribution in [2.75, 3.05) is 13.2 Å². The van der Waals surface area contributed by atoms with Gasteiger partial charge in [0.15, 0.2) is 0 Å². The van der Waals surface area contributed by atoms with Crippen molar-refractivity contribution in [3.05, 3.63) is 0 Å². The molecular weight excluding hydrogens is 347 g/mol. The van der Waals surface area contributed by atoms with Crippen molar-refractivity contribution in [3.63, 3.8) is 0 Å². The van der Waals surface area contributed by atoms with Crippen molar-refractivity contribution in [2.24, 2.45) is 5.92 Å². The van der Waals surface area contributed by atoms with E-state index in [1.165, 1.54) is 27.7 Å². The number of carbonyl (C=O) groups excluding carboxylic acids is 4. The quantitative estimate of drug-likeness (QED) is 0.430. The fraction of sp³-hybridized carbons (Fsp3) is 0.733. The van der Waals surface area contributed by atoms with Crippen LogP contribution in [-0.2, 0) is 23.9 Å². The van der Waals surface area contributed by atoms with Crippen LogP contribution in [0.25, 0.3) is 0 Å². The van der Waals surface area contributed by atoms with Crippen LogP contribution >= 0.6 is 0 Å². The van der Waals surface area contributed by atoms with Crippen LogP contribution in [0.5, 0.6) is 0 Å². The largest absolute Gasteiger partial charge is 0.460 e. The second-order valence-corrected chi connectivity index (χ2v) is 6.50. The Morgan fingerprint density at radius 3 is 2.20 bits per heavy atom. The molecule has 1 rings (SSSR count). The molecule has 0 radical (unpaired) electrons. The van der Waals surface area contributed by atoms with Gasteiger partial charge in [0.25, 0.3) is 5.78 Å². The lowest BCUT2D eigenvalue weighted by atomic mass is 9.88. The number of carbonyl (C=O) groups is 4. The van der Waals surface area contributed by atoms with E-state index in [1.54, 1.807) is 0 Å². The predicted octanol–water partition coefficient (Wildman–Crippen LogP) is 1.88. The van der Waals surface area contributed by atoms with Crippen LogP contribution in [0, 0.1) is 5.92 Å². The Balaban J connectivity index is 3.10. The van der Waals surface area contributed by atoms with Crippen molar-refractivity contribution < 1.29 is 41.8 Å². The third-order valence-electron chi connectivity index (χ3n) is 3.34. The van der Waals surface area contributed by atoms with Crippen LogP contribution in [0.3, 0.4) is 0 Å². The molecule has 0 aliphatic carbocycles. The van der Waals surface area contributed by atoms with Crippen LogP contribution in [0.1, 0.15) is 34.1 Å². The van der Waals surface area contributed by atoms with E-state index in [4.69, 9.17) is 4.74 Å². The fourth-order valence-corrected chi connectivity index (χ4v) is 2.26. The zero-order valence-electron chi connectivity index (χ0n) is 14.3. The number of ether oxygens (including phenoxy) is 2. The normalized spacial score (nSPS) is 21.7. The van der Waals surface area contributed by atoms with Gasteiger partial charge >= 0.3 is 18.2 Å². The van der Waals surface area contributed by atoms with Crippen molar-refractivity contribution in [1.82, 2.24) is 4.90 Å². The lowest BCUT2D eigenvalue weighted by Gasteiger charge is -2.39. The van der Waals surface area contributed by atoms with Gasteiger partial charge in [-0.1, -0.05) is 0 Å². The van der Waals surface area contributed by atoms with Crippen LogP contribution in [0.4, 0.5) is 18.0 Å². The topological polar surface area (TPSA) is 90.0 Å². The molecule has 0 bridgehead atoms. The first-order chi connectivity index (χ1) is 11.3. The summed E-state index contributed by atoms with van der Waals surface area (Å²) >= 11 is 0. The molecule has 0 saturated carbocycles. The maximum absolute atomic E-state index is 13.2. The van der Waals surface area contributed by atoms with Gasteiger partial charge in [-0.05, 0) is 27.7 Å². The number of Topliss-reactive ketones (excluding diaryl/α,β-unsaturated/α-hetero) is 2. The third-order valence-corrected chi connectivity index (χ3v) is 3.34. The molecule has 1 fully saturated rings. The van der Waals surface area contributed by atoms with E-state index in [2.05, 4.69) is 4.74 Å². The molecule has 1 amide bonds. The van der Waals surface area contributed by atoms with E-state index in [-0.39, 0.29) is 11.5 Å². The zero-order valence-corrected chi connectivity index (χ0v) is 14.3. The van der Waals surface area contributed by atoms with Crippen molar-refractivity contribution >= 4 is 23.6 Å². The Kier molecular flexibility index (Phi) is 6.19. The van der Waals surface area contributed by atoms with Gasteiger partial charge in [0.05, 0.1) is 6.61 Å². The van der Waals surface area contributed by atoms with Gasteiger partial charge in [-0.15, -0.1) is 0 Å². The maximum Gasteiger partial charge on any atom is 0.410 e. The van der Waals surface area contributed by atoms with E-state index in [0.717, 1.165) is 0 Å². The summed E-state index contributed by atoms with van der Waals surface area (Å²) in [6, 6.07) is -2.42. The molecular formula is C15H20F3NO6. The third kappa shape index (κ3) is 5.43. The van der Waals surface area contributed by atoms with Crippen LogP contribution in [0.2, 0.25) is 0 Å². The van der Waals surface area contributed by atoms with E-state index >= 15 is 0 Å². The molecule has 2 atom stereocenters. The van der Waals surface area contributed by atoms with Crippen molar-refractivity contribution in [3.8, 4) is 0 Å². The fourth-order valence-electron chi connectivity index (χ4n) is 2.26. The van der Waals surface area contributed by atoms with Gasteiger partial charge in [0.1, 0.15) is 23.3 Å². The second kappa shape index (κ2) is 7.40. The molecule has 1 aliphatic heterocycles. The van der Waals surface area contributed by atoms with Gasteiger partial charge in [-0.3, -0.25) is 14.5 Å². The average Bonchev–Trinajstić information content (AvgIpc) is 2.43. The summed E-state index contributed by atoms with van der Waals surface area (Å²) in [6.45, 7) is 4.79. The van der Waals surface area contributed by atoms with Crippen LogP contribution < -0.4 is 0 Å². The van der Waals surface area contributed by atoms with Gasteiger partial charge in [0, 0.05) is 13.0 Å². The molecule has 0 aromatic heterocycles. The van der Waals surface area contributed by atoms with E-state index < -0.39 is 60.3 Å². The molecule has 0 aromatic rings. The molecule has 1 aliphatic rings. The number of nitrogens with zero attached hydrogens (tertiary/aromatic N) is 1. The van der Waals surface area contributed by atoms with E-state index in [1.807, 2.05) is 0 Å². The van der Waals surface area contributed by atoms with Crippen LogP contribution in [0.15, 0.2) is 0 Å². The summed E-state index contributed by atoms with van der Waals surface area (Å²) in [5.74, 6) is -5.37. The standard InChI is InChI=1S/C15H20F3NO6/c1-5-24-12(22)11(21)8-7-19(13(23)25-14(2,3)4)10(6-9(8)20)15(16,17)18/h8,10H,5-7H2,1-4H3. The molecule has 0 aromatic carbocycles. The summed E-state index contributed by atoms with van der Waals surface area (Å²) < 4.78 is 49.0. The highest BCUT2D eigenvalue weighted by Crippen LogP contribution is 2.33. The molecule has 0 spiro atoms. The second-order valence-electron chi connectivity index (χ2n) is 6.50. The van der Waals surface area contributed by atoms with Crippen molar-refractivity contribution in [2.45, 2.75) is 51.9 Å². The molecule has 10 heteroatoms. The highest BCUT2D eigenvalue weighted by molar-refractivity contribution is 6.38. The first-order valence-electron chi connectivity index (χ1n) is 7.58. The molecule has 2 unspecified atom stereocenters. The number of rotatable bonds is 3. The van der Waals surface area contributed by atoms with Gasteiger partial charge in [0.2, 0.25) is 0 Å². The highest BCUT2D eigenvalue weighted by Gasteiger charge is 2.53. The van der Waals surface area contributed by atoms with Gasteiger partial charge in [-0.2, -0.15) is 13.2 Å². The van der Waals surface area contributed by atoms with E-state index in [0.29, 0.717) is 0 Å². The number of hydrogen-bond donors (Lipinski definition) is 0. The summed E-state index contributed by atoms with van der Waals surface area (Å²) in [5, 5.41) is 0.